The molecule has 3 amide bonds. The van der Waals surface area contributed by atoms with E-state index in [-0.39, 0.29) is 11.4 Å². The first-order valence-corrected chi connectivity index (χ1v) is 12.1. The van der Waals surface area contributed by atoms with Crippen molar-refractivity contribution in [2.24, 2.45) is 0 Å². The number of nitrogens with zero attached hydrogens (tertiary/aromatic N) is 1. The largest absolute Gasteiger partial charge is 0.497 e. The number of hydrogen-bond donors (Lipinski definition) is 1. The van der Waals surface area contributed by atoms with Crippen LogP contribution >= 0.6 is 34.4 Å². The zero-order valence-electron chi connectivity index (χ0n) is 18.6. The number of carbonyl (C=O) groups is 3. The third-order valence-corrected chi connectivity index (χ3v) is 6.23. The molecule has 1 N–H and O–H groups in total. The van der Waals surface area contributed by atoms with Gasteiger partial charge in [0.25, 0.3) is 11.1 Å². The number of methoxy groups -OCH3 is 1. The number of benzene rings is 2. The molecule has 1 saturated heterocycles. The van der Waals surface area contributed by atoms with Crippen LogP contribution in [-0.4, -0.2) is 48.8 Å². The summed E-state index contributed by atoms with van der Waals surface area (Å²) in [6.45, 7) is 5.89. The highest BCUT2D eigenvalue weighted by Gasteiger charge is 2.36. The predicted molar refractivity (Wildman–Crippen MR) is 140 cm³/mol. The smallest absolute Gasteiger partial charge is 0.294 e. The fourth-order valence-electron chi connectivity index (χ4n) is 3.02. The van der Waals surface area contributed by atoms with Crippen LogP contribution in [0.4, 0.5) is 10.5 Å². The summed E-state index contributed by atoms with van der Waals surface area (Å²) in [6, 6.07) is 10.3. The van der Waals surface area contributed by atoms with Crippen molar-refractivity contribution in [3.8, 4) is 17.2 Å². The van der Waals surface area contributed by atoms with Crippen LogP contribution in [0.5, 0.6) is 17.2 Å². The Hall–Kier alpha value is -2.99. The Morgan fingerprint density at radius 2 is 1.94 bits per heavy atom. The first-order chi connectivity index (χ1) is 16.4. The van der Waals surface area contributed by atoms with Gasteiger partial charge in [0.1, 0.15) is 18.9 Å². The molecule has 1 fully saturated rings. The normalized spacial score (nSPS) is 14.3. The summed E-state index contributed by atoms with van der Waals surface area (Å²) in [5.74, 6) is 0.755. The highest BCUT2D eigenvalue weighted by Crippen LogP contribution is 2.37. The van der Waals surface area contributed by atoms with E-state index in [1.807, 2.05) is 13.0 Å². The van der Waals surface area contributed by atoms with E-state index in [0.29, 0.717) is 41.7 Å². The molecule has 0 radical (unpaired) electrons. The van der Waals surface area contributed by atoms with Crippen LogP contribution in [0.3, 0.4) is 0 Å². The summed E-state index contributed by atoms with van der Waals surface area (Å²) in [5.41, 5.74) is 1.21. The molecule has 0 spiro atoms. The summed E-state index contributed by atoms with van der Waals surface area (Å²) in [7, 11) is 1.55. The maximum atomic E-state index is 12.8. The van der Waals surface area contributed by atoms with Gasteiger partial charge < -0.3 is 19.5 Å². The SMILES string of the molecule is C=CCOc1c(I)cc(/C=C2/SC(=O)N(CC(=O)Nc3ccc(OC)cc3)C2=O)cc1OCC. The number of imide groups is 1. The van der Waals surface area contributed by atoms with E-state index in [1.165, 1.54) is 0 Å². The topological polar surface area (TPSA) is 94.2 Å². The van der Waals surface area contributed by atoms with Crippen LogP contribution in [0.25, 0.3) is 6.08 Å². The van der Waals surface area contributed by atoms with Crippen molar-refractivity contribution in [3.05, 3.63) is 63.1 Å². The predicted octanol–water partition coefficient (Wildman–Crippen LogP) is 4.94. The number of thioether (sulfide) groups is 1. The van der Waals surface area contributed by atoms with E-state index in [9.17, 15) is 14.4 Å². The molecule has 0 saturated carbocycles. The number of amides is 3. The maximum Gasteiger partial charge on any atom is 0.294 e. The summed E-state index contributed by atoms with van der Waals surface area (Å²) >= 11 is 2.91. The van der Waals surface area contributed by atoms with Crippen LogP contribution in [0.15, 0.2) is 54.0 Å². The van der Waals surface area contributed by atoms with Crippen LogP contribution in [0, 0.1) is 3.57 Å². The van der Waals surface area contributed by atoms with Crippen molar-refractivity contribution in [2.75, 3.05) is 32.2 Å². The van der Waals surface area contributed by atoms with E-state index in [0.717, 1.165) is 20.2 Å². The van der Waals surface area contributed by atoms with Gasteiger partial charge in [-0.2, -0.15) is 0 Å². The summed E-state index contributed by atoms with van der Waals surface area (Å²) in [5, 5.41) is 2.16. The van der Waals surface area contributed by atoms with Gasteiger partial charge in [0.15, 0.2) is 11.5 Å². The number of hydrogen-bond acceptors (Lipinski definition) is 7. The number of halogens is 1. The van der Waals surface area contributed by atoms with E-state index >= 15 is 0 Å². The molecule has 1 aliphatic heterocycles. The minimum atomic E-state index is -0.528. The molecule has 8 nitrogen and oxygen atoms in total. The van der Waals surface area contributed by atoms with Crippen LogP contribution in [0.1, 0.15) is 12.5 Å². The van der Waals surface area contributed by atoms with Gasteiger partial charge >= 0.3 is 0 Å². The lowest BCUT2D eigenvalue weighted by Crippen LogP contribution is -2.36. The first-order valence-electron chi connectivity index (χ1n) is 10.3. The molecule has 178 valence electrons. The van der Waals surface area contributed by atoms with E-state index in [4.69, 9.17) is 14.2 Å². The molecule has 0 unspecified atom stereocenters. The fraction of sp³-hybridized carbons (Fsp3) is 0.208. The van der Waals surface area contributed by atoms with Gasteiger partial charge in [0.05, 0.1) is 22.2 Å². The summed E-state index contributed by atoms with van der Waals surface area (Å²) in [6.07, 6.45) is 3.24. The number of carbonyl (C=O) groups excluding carboxylic acids is 3. The van der Waals surface area contributed by atoms with E-state index < -0.39 is 17.1 Å². The Balaban J connectivity index is 1.74. The number of ether oxygens (including phenoxy) is 3. The average molecular weight is 594 g/mol. The number of rotatable bonds is 10. The molecule has 0 bridgehead atoms. The molecule has 1 heterocycles. The molecule has 0 atom stereocenters. The number of anilines is 1. The minimum absolute atomic E-state index is 0.222. The van der Waals surface area contributed by atoms with Gasteiger partial charge in [-0.15, -0.1) is 0 Å². The monoisotopic (exact) mass is 594 g/mol. The van der Waals surface area contributed by atoms with Gasteiger partial charge in [0.2, 0.25) is 5.91 Å². The molecule has 3 rings (SSSR count). The Morgan fingerprint density at radius 3 is 2.59 bits per heavy atom. The fourth-order valence-corrected chi connectivity index (χ4v) is 4.64. The zero-order valence-corrected chi connectivity index (χ0v) is 21.6. The molecule has 2 aromatic carbocycles. The second-order valence-corrected chi connectivity index (χ2v) is 9.06. The molecule has 0 aromatic heterocycles. The van der Waals surface area contributed by atoms with Crippen LogP contribution in [0.2, 0.25) is 0 Å². The maximum absolute atomic E-state index is 12.8. The Labute approximate surface area is 215 Å². The molecule has 1 aliphatic rings. The molecule has 0 aliphatic carbocycles. The summed E-state index contributed by atoms with van der Waals surface area (Å²) in [4.78, 5) is 38.8. The van der Waals surface area contributed by atoms with Gasteiger partial charge in [-0.25, -0.2) is 0 Å². The van der Waals surface area contributed by atoms with Gasteiger partial charge in [-0.1, -0.05) is 12.7 Å². The standard InChI is InChI=1S/C24H23IN2O6S/c1-4-10-33-22-18(25)11-15(12-19(22)32-5-2)13-20-23(29)27(24(30)34-20)14-21(28)26-16-6-8-17(31-3)9-7-16/h4,6-9,11-13H,1,5,10,14H2,2-3H3,(H,26,28)/b20-13+. The zero-order chi connectivity index (χ0) is 24.7. The van der Waals surface area contributed by atoms with Gasteiger partial charge in [-0.3, -0.25) is 19.3 Å². The molecule has 2 aromatic rings. The highest BCUT2D eigenvalue weighted by molar-refractivity contribution is 14.1. The lowest BCUT2D eigenvalue weighted by atomic mass is 10.2. The first kappa shape index (κ1) is 25.6. The minimum Gasteiger partial charge on any atom is -0.497 e. The van der Waals surface area contributed by atoms with Gasteiger partial charge in [-0.05, 0) is 89.3 Å². The third kappa shape index (κ3) is 6.32. The van der Waals surface area contributed by atoms with Crippen LogP contribution < -0.4 is 19.5 Å². The third-order valence-electron chi connectivity index (χ3n) is 4.52. The summed E-state index contributed by atoms with van der Waals surface area (Å²) < 4.78 is 17.3. The van der Waals surface area contributed by atoms with Crippen molar-refractivity contribution in [3.63, 3.8) is 0 Å². The molecular weight excluding hydrogens is 571 g/mol. The molecular formula is C24H23IN2O6S. The van der Waals surface area contributed by atoms with Crippen molar-refractivity contribution >= 4 is 63.2 Å². The van der Waals surface area contributed by atoms with E-state index in [1.54, 1.807) is 49.6 Å². The molecule has 10 heteroatoms. The average Bonchev–Trinajstić information content (AvgIpc) is 3.06. The van der Waals surface area contributed by atoms with Crippen molar-refractivity contribution in [1.82, 2.24) is 4.90 Å². The quantitative estimate of drug-likeness (QED) is 0.237. The number of nitrogens with one attached hydrogen (secondary N) is 1. The van der Waals surface area contributed by atoms with Crippen molar-refractivity contribution in [1.29, 1.82) is 0 Å². The van der Waals surface area contributed by atoms with Crippen molar-refractivity contribution < 1.29 is 28.6 Å². The Morgan fingerprint density at radius 1 is 1.21 bits per heavy atom. The highest BCUT2D eigenvalue weighted by atomic mass is 127. The van der Waals surface area contributed by atoms with Crippen molar-refractivity contribution in [2.45, 2.75) is 6.92 Å². The Kier molecular flexibility index (Phi) is 8.99. The van der Waals surface area contributed by atoms with E-state index in [2.05, 4.69) is 34.5 Å². The molecule has 34 heavy (non-hydrogen) atoms. The van der Waals surface area contributed by atoms with Crippen LogP contribution in [-0.2, 0) is 9.59 Å². The second-order valence-electron chi connectivity index (χ2n) is 6.91. The Bertz CT molecular complexity index is 1130. The lowest BCUT2D eigenvalue weighted by molar-refractivity contribution is -0.127. The lowest BCUT2D eigenvalue weighted by Gasteiger charge is -2.14. The van der Waals surface area contributed by atoms with Gasteiger partial charge in [0, 0.05) is 5.69 Å². The second kappa shape index (κ2) is 11.9.